The van der Waals surface area contributed by atoms with E-state index in [0.29, 0.717) is 12.2 Å². The molecule has 0 atom stereocenters. The van der Waals surface area contributed by atoms with Crippen molar-refractivity contribution in [3.8, 4) is 0 Å². The molecular formula is C26H29N5O. The van der Waals surface area contributed by atoms with Crippen molar-refractivity contribution in [2.24, 2.45) is 0 Å². The molecule has 0 aliphatic carbocycles. The van der Waals surface area contributed by atoms with Gasteiger partial charge in [-0.1, -0.05) is 24.3 Å². The van der Waals surface area contributed by atoms with E-state index in [-0.39, 0.29) is 5.78 Å². The number of fused-ring (bicyclic) bond motifs is 1. The van der Waals surface area contributed by atoms with Crippen molar-refractivity contribution in [1.82, 2.24) is 24.8 Å². The van der Waals surface area contributed by atoms with Gasteiger partial charge >= 0.3 is 0 Å². The molecule has 164 valence electrons. The molecule has 0 aliphatic heterocycles. The number of nitrogens with one attached hydrogen (secondary N) is 1. The molecule has 6 heteroatoms. The van der Waals surface area contributed by atoms with Gasteiger partial charge in [0.1, 0.15) is 0 Å². The number of Topliss-reactive ketones (excluding diaryl/α,β-unsaturated/α-hetero) is 1. The molecule has 32 heavy (non-hydrogen) atoms. The minimum atomic E-state index is 0.0638. The zero-order valence-corrected chi connectivity index (χ0v) is 18.7. The van der Waals surface area contributed by atoms with Gasteiger partial charge in [0.2, 0.25) is 0 Å². The fraction of sp³-hybridized carbons (Fsp3) is 0.308. The topological polar surface area (TPSA) is 74.8 Å². The van der Waals surface area contributed by atoms with Gasteiger partial charge in [0, 0.05) is 31.9 Å². The van der Waals surface area contributed by atoms with Gasteiger partial charge in [0.05, 0.1) is 22.4 Å². The molecule has 4 rings (SSSR count). The second-order valence-corrected chi connectivity index (χ2v) is 8.23. The summed E-state index contributed by atoms with van der Waals surface area (Å²) in [6, 6.07) is 15.9. The SMILES string of the molecule is Cc1cccnc1CN(CCCCC(=O)c1nc2ccccc2[nH]1)Cc1ncccc1C. The third kappa shape index (κ3) is 5.45. The van der Waals surface area contributed by atoms with Crippen molar-refractivity contribution >= 4 is 16.8 Å². The van der Waals surface area contributed by atoms with Gasteiger partial charge in [-0.3, -0.25) is 19.7 Å². The van der Waals surface area contributed by atoms with E-state index >= 15 is 0 Å². The van der Waals surface area contributed by atoms with E-state index in [0.717, 1.165) is 54.9 Å². The normalized spacial score (nSPS) is 11.3. The Balaban J connectivity index is 1.36. The quantitative estimate of drug-likeness (QED) is 0.284. The highest BCUT2D eigenvalue weighted by Gasteiger charge is 2.14. The Morgan fingerprint density at radius 3 is 2.16 bits per heavy atom. The molecule has 0 aliphatic rings. The first-order chi connectivity index (χ1) is 15.6. The zero-order chi connectivity index (χ0) is 22.3. The Bertz CT molecular complexity index is 1120. The van der Waals surface area contributed by atoms with Gasteiger partial charge in [0.15, 0.2) is 11.6 Å². The zero-order valence-electron chi connectivity index (χ0n) is 18.7. The van der Waals surface area contributed by atoms with Crippen LogP contribution in [0.25, 0.3) is 11.0 Å². The molecule has 3 heterocycles. The van der Waals surface area contributed by atoms with Crippen LogP contribution in [0.15, 0.2) is 60.9 Å². The molecule has 0 bridgehead atoms. The van der Waals surface area contributed by atoms with Crippen LogP contribution in [-0.2, 0) is 13.1 Å². The Labute approximate surface area is 188 Å². The van der Waals surface area contributed by atoms with E-state index in [1.807, 2.05) is 48.8 Å². The van der Waals surface area contributed by atoms with Crippen LogP contribution >= 0.6 is 0 Å². The van der Waals surface area contributed by atoms with Crippen LogP contribution < -0.4 is 0 Å². The van der Waals surface area contributed by atoms with Crippen LogP contribution in [0.4, 0.5) is 0 Å². The maximum absolute atomic E-state index is 12.6. The lowest BCUT2D eigenvalue weighted by Crippen LogP contribution is -2.26. The Kier molecular flexibility index (Phi) is 7.02. The van der Waals surface area contributed by atoms with Gasteiger partial charge < -0.3 is 4.98 Å². The molecule has 4 aromatic rings. The molecule has 0 saturated heterocycles. The molecule has 1 N–H and O–H groups in total. The predicted molar refractivity (Wildman–Crippen MR) is 126 cm³/mol. The van der Waals surface area contributed by atoms with Crippen molar-refractivity contribution in [2.45, 2.75) is 46.2 Å². The summed E-state index contributed by atoms with van der Waals surface area (Å²) in [4.78, 5) is 31.7. The second kappa shape index (κ2) is 10.3. The number of aryl methyl sites for hydroxylation is 2. The van der Waals surface area contributed by atoms with E-state index in [4.69, 9.17) is 0 Å². The third-order valence-corrected chi connectivity index (χ3v) is 5.76. The highest BCUT2D eigenvalue weighted by molar-refractivity contribution is 5.95. The minimum absolute atomic E-state index is 0.0638. The minimum Gasteiger partial charge on any atom is -0.335 e. The first kappa shape index (κ1) is 21.8. The van der Waals surface area contributed by atoms with Crippen LogP contribution in [0, 0.1) is 13.8 Å². The number of ketones is 1. The summed E-state index contributed by atoms with van der Waals surface area (Å²) >= 11 is 0. The largest absolute Gasteiger partial charge is 0.335 e. The molecule has 0 spiro atoms. The average molecular weight is 428 g/mol. The summed E-state index contributed by atoms with van der Waals surface area (Å²) in [5.74, 6) is 0.519. The number of hydrogen-bond donors (Lipinski definition) is 1. The van der Waals surface area contributed by atoms with Crippen LogP contribution in [0.5, 0.6) is 0 Å². The van der Waals surface area contributed by atoms with Crippen molar-refractivity contribution in [3.63, 3.8) is 0 Å². The number of hydrogen-bond acceptors (Lipinski definition) is 5. The maximum Gasteiger partial charge on any atom is 0.198 e. The molecule has 0 amide bonds. The molecule has 0 unspecified atom stereocenters. The molecular weight excluding hydrogens is 398 g/mol. The predicted octanol–water partition coefficient (Wildman–Crippen LogP) is 5.03. The number of para-hydroxylation sites is 2. The number of benzene rings is 1. The second-order valence-electron chi connectivity index (χ2n) is 8.23. The summed E-state index contributed by atoms with van der Waals surface area (Å²) in [7, 11) is 0. The number of imidazole rings is 1. The summed E-state index contributed by atoms with van der Waals surface area (Å²) in [6.07, 6.45) is 5.91. The van der Waals surface area contributed by atoms with E-state index in [1.165, 1.54) is 11.1 Å². The Hall–Kier alpha value is -3.38. The Morgan fingerprint density at radius 1 is 0.875 bits per heavy atom. The summed E-state index contributed by atoms with van der Waals surface area (Å²) in [5, 5.41) is 0. The highest BCUT2D eigenvalue weighted by atomic mass is 16.1. The highest BCUT2D eigenvalue weighted by Crippen LogP contribution is 2.15. The van der Waals surface area contributed by atoms with E-state index in [1.54, 1.807) is 0 Å². The van der Waals surface area contributed by atoms with E-state index in [2.05, 4.69) is 50.8 Å². The standard InChI is InChI=1S/C26H29N5O/c1-19-9-7-14-27-23(19)17-31(18-24-20(2)10-8-15-28-24)16-6-5-13-25(32)26-29-21-11-3-4-12-22(21)30-26/h3-4,7-12,14-15H,5-6,13,16-18H2,1-2H3,(H,29,30). The van der Waals surface area contributed by atoms with Crippen molar-refractivity contribution < 1.29 is 4.79 Å². The number of carbonyl (C=O) groups is 1. The third-order valence-electron chi connectivity index (χ3n) is 5.76. The number of aromatic amines is 1. The summed E-state index contributed by atoms with van der Waals surface area (Å²) < 4.78 is 0. The van der Waals surface area contributed by atoms with E-state index in [9.17, 15) is 4.79 Å². The Morgan fingerprint density at radius 2 is 1.53 bits per heavy atom. The number of rotatable bonds is 10. The molecule has 0 radical (unpaired) electrons. The monoisotopic (exact) mass is 427 g/mol. The first-order valence-electron chi connectivity index (χ1n) is 11.1. The number of carbonyl (C=O) groups excluding carboxylic acids is 1. The lowest BCUT2D eigenvalue weighted by molar-refractivity contribution is 0.0968. The fourth-order valence-electron chi connectivity index (χ4n) is 3.83. The summed E-state index contributed by atoms with van der Waals surface area (Å²) in [6.45, 7) is 6.59. The van der Waals surface area contributed by atoms with Gasteiger partial charge in [-0.15, -0.1) is 0 Å². The molecule has 0 saturated carbocycles. The number of unbranched alkanes of at least 4 members (excludes halogenated alkanes) is 1. The first-order valence-corrected chi connectivity index (χ1v) is 11.1. The van der Waals surface area contributed by atoms with Crippen molar-refractivity contribution in [2.75, 3.05) is 6.54 Å². The number of nitrogens with zero attached hydrogens (tertiary/aromatic N) is 4. The lowest BCUT2D eigenvalue weighted by atomic mass is 10.1. The lowest BCUT2D eigenvalue weighted by Gasteiger charge is -2.23. The van der Waals surface area contributed by atoms with Crippen molar-refractivity contribution in [1.29, 1.82) is 0 Å². The molecule has 6 nitrogen and oxygen atoms in total. The number of aromatic nitrogens is 4. The average Bonchev–Trinajstić information content (AvgIpc) is 3.24. The van der Waals surface area contributed by atoms with Gasteiger partial charge in [-0.2, -0.15) is 0 Å². The maximum atomic E-state index is 12.6. The molecule has 1 aromatic carbocycles. The number of pyridine rings is 2. The van der Waals surface area contributed by atoms with Crippen molar-refractivity contribution in [3.05, 3.63) is 89.3 Å². The van der Waals surface area contributed by atoms with E-state index < -0.39 is 0 Å². The van der Waals surface area contributed by atoms with Crippen LogP contribution in [-0.4, -0.2) is 37.2 Å². The molecule has 3 aromatic heterocycles. The van der Waals surface area contributed by atoms with Crippen LogP contribution in [0.3, 0.4) is 0 Å². The van der Waals surface area contributed by atoms with Crippen LogP contribution in [0.2, 0.25) is 0 Å². The number of H-pyrrole nitrogens is 1. The van der Waals surface area contributed by atoms with Gasteiger partial charge in [-0.05, 0) is 68.6 Å². The smallest absolute Gasteiger partial charge is 0.198 e. The van der Waals surface area contributed by atoms with Crippen LogP contribution in [0.1, 0.15) is 52.4 Å². The van der Waals surface area contributed by atoms with Gasteiger partial charge in [-0.25, -0.2) is 4.98 Å². The summed E-state index contributed by atoms with van der Waals surface area (Å²) in [5.41, 5.74) is 6.28. The molecule has 0 fully saturated rings. The fourth-order valence-corrected chi connectivity index (χ4v) is 3.83. The van der Waals surface area contributed by atoms with Gasteiger partial charge in [0.25, 0.3) is 0 Å².